The lowest BCUT2D eigenvalue weighted by Crippen LogP contribution is -2.25. The number of rotatable bonds is 2. The van der Waals surface area contributed by atoms with E-state index in [1.54, 1.807) is 13.0 Å². The van der Waals surface area contributed by atoms with Gasteiger partial charge in [0.15, 0.2) is 5.58 Å². The van der Waals surface area contributed by atoms with Gasteiger partial charge in [-0.3, -0.25) is 4.79 Å². The first kappa shape index (κ1) is 14.6. The minimum atomic E-state index is -0.497. The van der Waals surface area contributed by atoms with Gasteiger partial charge >= 0.3 is 5.63 Å². The zero-order chi connectivity index (χ0) is 15.7. The van der Waals surface area contributed by atoms with Crippen LogP contribution in [-0.4, -0.2) is 11.0 Å². The third-order valence-corrected chi connectivity index (χ3v) is 4.32. The summed E-state index contributed by atoms with van der Waals surface area (Å²) in [5, 5.41) is 13.5. The zero-order valence-corrected chi connectivity index (χ0v) is 12.5. The van der Waals surface area contributed by atoms with Crippen LogP contribution in [0.25, 0.3) is 11.0 Å². The summed E-state index contributed by atoms with van der Waals surface area (Å²) in [6.07, 6.45) is 4.99. The normalized spacial score (nSPS) is 15.9. The number of amides is 1. The Morgan fingerprint density at radius 1 is 1.27 bits per heavy atom. The number of benzene rings is 1. The molecule has 0 aliphatic heterocycles. The number of anilines is 1. The number of fused-ring (bicyclic) bond motifs is 1. The van der Waals surface area contributed by atoms with Crippen molar-refractivity contribution in [2.45, 2.75) is 39.0 Å². The van der Waals surface area contributed by atoms with Gasteiger partial charge in [-0.1, -0.05) is 19.3 Å². The highest BCUT2D eigenvalue weighted by Crippen LogP contribution is 2.34. The summed E-state index contributed by atoms with van der Waals surface area (Å²) in [7, 11) is 0. The second-order valence-electron chi connectivity index (χ2n) is 5.91. The van der Waals surface area contributed by atoms with E-state index >= 15 is 0 Å². The maximum atomic E-state index is 12.4. The Balaban J connectivity index is 2.00. The van der Waals surface area contributed by atoms with E-state index in [0.717, 1.165) is 37.7 Å². The molecule has 1 aliphatic rings. The van der Waals surface area contributed by atoms with Crippen molar-refractivity contribution in [3.63, 3.8) is 0 Å². The van der Waals surface area contributed by atoms with Crippen LogP contribution < -0.4 is 10.9 Å². The Morgan fingerprint density at radius 2 is 2.00 bits per heavy atom. The van der Waals surface area contributed by atoms with Gasteiger partial charge in [0, 0.05) is 17.4 Å². The largest absolute Gasteiger partial charge is 0.506 e. The van der Waals surface area contributed by atoms with Crippen LogP contribution in [-0.2, 0) is 4.79 Å². The van der Waals surface area contributed by atoms with Crippen LogP contribution in [0.15, 0.2) is 27.4 Å². The fraction of sp³-hybridized carbons (Fsp3) is 0.412. The standard InChI is InChI=1S/C17H19NO4/c1-10-9-14(20)22-16-12(10)7-8-13(19)15(16)18-17(21)11-5-3-2-4-6-11/h7-9,11,19H,2-6H2,1H3,(H,18,21). The molecule has 1 fully saturated rings. The number of aromatic hydroxyl groups is 1. The molecule has 1 aromatic heterocycles. The van der Waals surface area contributed by atoms with Crippen LogP contribution in [0.1, 0.15) is 37.7 Å². The first-order chi connectivity index (χ1) is 10.6. The molecular weight excluding hydrogens is 282 g/mol. The van der Waals surface area contributed by atoms with Gasteiger partial charge in [-0.2, -0.15) is 0 Å². The van der Waals surface area contributed by atoms with Gasteiger partial charge in [-0.25, -0.2) is 4.79 Å². The Morgan fingerprint density at radius 3 is 2.73 bits per heavy atom. The number of aryl methyl sites for hydroxylation is 1. The topological polar surface area (TPSA) is 79.5 Å². The molecule has 0 unspecified atom stereocenters. The summed E-state index contributed by atoms with van der Waals surface area (Å²) in [6.45, 7) is 1.79. The number of hydrogen-bond donors (Lipinski definition) is 2. The highest BCUT2D eigenvalue weighted by Gasteiger charge is 2.23. The van der Waals surface area contributed by atoms with Gasteiger partial charge in [0.2, 0.25) is 5.91 Å². The molecule has 1 amide bonds. The van der Waals surface area contributed by atoms with E-state index in [1.807, 2.05) is 0 Å². The van der Waals surface area contributed by atoms with Crippen molar-refractivity contribution < 1.29 is 14.3 Å². The number of hydrogen-bond acceptors (Lipinski definition) is 4. The Hall–Kier alpha value is -2.30. The molecule has 3 rings (SSSR count). The molecule has 1 heterocycles. The van der Waals surface area contributed by atoms with Crippen molar-refractivity contribution in [3.8, 4) is 5.75 Å². The van der Waals surface area contributed by atoms with Crippen molar-refractivity contribution in [2.75, 3.05) is 5.32 Å². The van der Waals surface area contributed by atoms with Crippen molar-refractivity contribution in [1.82, 2.24) is 0 Å². The average molecular weight is 301 g/mol. The number of carbonyl (C=O) groups is 1. The van der Waals surface area contributed by atoms with Gasteiger partial charge < -0.3 is 14.8 Å². The molecule has 22 heavy (non-hydrogen) atoms. The van der Waals surface area contributed by atoms with E-state index < -0.39 is 5.63 Å². The Kier molecular flexibility index (Phi) is 3.88. The number of carbonyl (C=O) groups excluding carboxylic acids is 1. The molecule has 1 aliphatic carbocycles. The lowest BCUT2D eigenvalue weighted by atomic mass is 9.88. The second-order valence-corrected chi connectivity index (χ2v) is 5.91. The third kappa shape index (κ3) is 2.71. The number of phenols is 1. The van der Waals surface area contributed by atoms with Gasteiger partial charge in [0.1, 0.15) is 11.4 Å². The summed E-state index contributed by atoms with van der Waals surface area (Å²) < 4.78 is 5.21. The Bertz CT molecular complexity index is 772. The third-order valence-electron chi connectivity index (χ3n) is 4.32. The minimum Gasteiger partial charge on any atom is -0.506 e. The highest BCUT2D eigenvalue weighted by atomic mass is 16.4. The summed E-state index contributed by atoms with van der Waals surface area (Å²) in [6, 6.07) is 4.58. The first-order valence-electron chi connectivity index (χ1n) is 7.63. The first-order valence-corrected chi connectivity index (χ1v) is 7.63. The maximum Gasteiger partial charge on any atom is 0.336 e. The molecule has 1 saturated carbocycles. The molecule has 0 saturated heterocycles. The van der Waals surface area contributed by atoms with E-state index in [4.69, 9.17) is 4.42 Å². The van der Waals surface area contributed by atoms with E-state index in [2.05, 4.69) is 5.32 Å². The number of phenolic OH excluding ortho intramolecular Hbond substituents is 1. The van der Waals surface area contributed by atoms with E-state index in [-0.39, 0.29) is 28.8 Å². The molecule has 116 valence electrons. The molecule has 2 N–H and O–H groups in total. The molecule has 5 nitrogen and oxygen atoms in total. The molecular formula is C17H19NO4. The molecule has 0 bridgehead atoms. The quantitative estimate of drug-likeness (QED) is 0.658. The fourth-order valence-electron chi connectivity index (χ4n) is 3.08. The van der Waals surface area contributed by atoms with Crippen molar-refractivity contribution >= 4 is 22.6 Å². The minimum absolute atomic E-state index is 0.0417. The predicted molar refractivity (Wildman–Crippen MR) is 84.1 cm³/mol. The SMILES string of the molecule is Cc1cc(=O)oc2c(NC(=O)C3CCCCC3)c(O)ccc12. The van der Waals surface area contributed by atoms with Crippen LogP contribution in [0.2, 0.25) is 0 Å². The van der Waals surface area contributed by atoms with Crippen LogP contribution in [0.3, 0.4) is 0 Å². The highest BCUT2D eigenvalue weighted by molar-refractivity contribution is 6.03. The fourth-order valence-corrected chi connectivity index (χ4v) is 3.08. The number of nitrogens with one attached hydrogen (secondary N) is 1. The maximum absolute atomic E-state index is 12.4. The summed E-state index contributed by atoms with van der Waals surface area (Å²) in [5.74, 6) is -0.253. The Labute approximate surface area is 127 Å². The van der Waals surface area contributed by atoms with Crippen LogP contribution >= 0.6 is 0 Å². The van der Waals surface area contributed by atoms with Crippen molar-refractivity contribution in [3.05, 3.63) is 34.2 Å². The van der Waals surface area contributed by atoms with Gasteiger partial charge in [0.25, 0.3) is 0 Å². The van der Waals surface area contributed by atoms with E-state index in [1.165, 1.54) is 12.1 Å². The zero-order valence-electron chi connectivity index (χ0n) is 12.5. The van der Waals surface area contributed by atoms with Crippen LogP contribution in [0.4, 0.5) is 5.69 Å². The molecule has 1 aromatic carbocycles. The van der Waals surface area contributed by atoms with Gasteiger partial charge in [0.05, 0.1) is 0 Å². The lowest BCUT2D eigenvalue weighted by Gasteiger charge is -2.21. The van der Waals surface area contributed by atoms with Gasteiger partial charge in [-0.15, -0.1) is 0 Å². The van der Waals surface area contributed by atoms with Crippen LogP contribution in [0.5, 0.6) is 5.75 Å². The summed E-state index contributed by atoms with van der Waals surface area (Å²) in [4.78, 5) is 24.0. The van der Waals surface area contributed by atoms with Crippen LogP contribution in [0, 0.1) is 12.8 Å². The second kappa shape index (κ2) is 5.83. The molecule has 0 spiro atoms. The smallest absolute Gasteiger partial charge is 0.336 e. The lowest BCUT2D eigenvalue weighted by molar-refractivity contribution is -0.120. The molecule has 0 radical (unpaired) electrons. The van der Waals surface area contributed by atoms with Gasteiger partial charge in [-0.05, 0) is 37.5 Å². The summed E-state index contributed by atoms with van der Waals surface area (Å²) >= 11 is 0. The van der Waals surface area contributed by atoms with Crippen molar-refractivity contribution in [2.24, 2.45) is 5.92 Å². The van der Waals surface area contributed by atoms with E-state index in [0.29, 0.717) is 5.39 Å². The monoisotopic (exact) mass is 301 g/mol. The van der Waals surface area contributed by atoms with Crippen molar-refractivity contribution in [1.29, 1.82) is 0 Å². The molecule has 5 heteroatoms. The average Bonchev–Trinajstić information content (AvgIpc) is 2.50. The molecule has 0 atom stereocenters. The molecule has 2 aromatic rings. The van der Waals surface area contributed by atoms with E-state index in [9.17, 15) is 14.7 Å². The predicted octanol–water partition coefficient (Wildman–Crippen LogP) is 3.33. The summed E-state index contributed by atoms with van der Waals surface area (Å²) in [5.41, 5.74) is 0.672.